The van der Waals surface area contributed by atoms with Crippen molar-refractivity contribution in [3.8, 4) is 22.1 Å². The fraction of sp³-hybridized carbons (Fsp3) is 0.118. The summed E-state index contributed by atoms with van der Waals surface area (Å²) in [5.41, 5.74) is 2.93. The SMILES string of the molecule is c1cc(-c2nccn2CCc2csc(-c3cnccn3)n2)ccn1. The molecule has 0 aliphatic heterocycles. The molecule has 0 saturated heterocycles. The van der Waals surface area contributed by atoms with Gasteiger partial charge in [-0.1, -0.05) is 0 Å². The summed E-state index contributed by atoms with van der Waals surface area (Å²) in [7, 11) is 0. The van der Waals surface area contributed by atoms with Crippen LogP contribution in [-0.4, -0.2) is 29.5 Å². The molecule has 0 saturated carbocycles. The quantitative estimate of drug-likeness (QED) is 0.561. The number of aromatic nitrogens is 6. The third kappa shape index (κ3) is 3.07. The molecule has 0 spiro atoms. The summed E-state index contributed by atoms with van der Waals surface area (Å²) in [4.78, 5) is 21.5. The number of rotatable bonds is 5. The molecule has 0 atom stereocenters. The third-order valence-corrected chi connectivity index (χ3v) is 4.51. The van der Waals surface area contributed by atoms with Crippen molar-refractivity contribution in [2.75, 3.05) is 0 Å². The van der Waals surface area contributed by atoms with Crippen LogP contribution in [0.25, 0.3) is 22.1 Å². The summed E-state index contributed by atoms with van der Waals surface area (Å²) in [5, 5.41) is 2.98. The molecule has 4 aromatic heterocycles. The third-order valence-electron chi connectivity index (χ3n) is 3.60. The number of thiazole rings is 1. The van der Waals surface area contributed by atoms with Crippen molar-refractivity contribution in [2.45, 2.75) is 13.0 Å². The lowest BCUT2D eigenvalue weighted by Gasteiger charge is -2.06. The van der Waals surface area contributed by atoms with E-state index in [-0.39, 0.29) is 0 Å². The number of nitrogens with zero attached hydrogens (tertiary/aromatic N) is 6. The highest BCUT2D eigenvalue weighted by Gasteiger charge is 2.09. The zero-order valence-electron chi connectivity index (χ0n) is 12.8. The molecule has 4 heterocycles. The molecule has 24 heavy (non-hydrogen) atoms. The van der Waals surface area contributed by atoms with Gasteiger partial charge in [0.2, 0.25) is 0 Å². The van der Waals surface area contributed by atoms with E-state index in [1.54, 1.807) is 42.3 Å². The minimum atomic E-state index is 0.814. The predicted molar refractivity (Wildman–Crippen MR) is 92.3 cm³/mol. The minimum Gasteiger partial charge on any atom is -0.331 e. The molecule has 4 rings (SSSR count). The Hall–Kier alpha value is -2.93. The number of imidazole rings is 1. The minimum absolute atomic E-state index is 0.814. The highest BCUT2D eigenvalue weighted by molar-refractivity contribution is 7.13. The summed E-state index contributed by atoms with van der Waals surface area (Å²) in [6, 6.07) is 3.93. The van der Waals surface area contributed by atoms with Gasteiger partial charge in [0.1, 0.15) is 16.5 Å². The molecule has 0 aliphatic rings. The van der Waals surface area contributed by atoms with Crippen molar-refractivity contribution in [3.05, 3.63) is 66.6 Å². The van der Waals surface area contributed by atoms with Crippen LogP contribution in [0.15, 0.2) is 60.9 Å². The van der Waals surface area contributed by atoms with E-state index in [1.807, 2.05) is 24.5 Å². The largest absolute Gasteiger partial charge is 0.331 e. The van der Waals surface area contributed by atoms with Gasteiger partial charge in [-0.05, 0) is 12.1 Å². The Bertz CT molecular complexity index is 916. The molecule has 7 heteroatoms. The average molecular weight is 334 g/mol. The summed E-state index contributed by atoms with van der Waals surface area (Å²) in [5.74, 6) is 0.946. The number of pyridine rings is 1. The van der Waals surface area contributed by atoms with Crippen LogP contribution in [0.4, 0.5) is 0 Å². The van der Waals surface area contributed by atoms with Crippen LogP contribution >= 0.6 is 11.3 Å². The Kier molecular flexibility index (Phi) is 4.07. The molecule has 0 radical (unpaired) electrons. The average Bonchev–Trinajstić information content (AvgIpc) is 3.31. The van der Waals surface area contributed by atoms with Crippen LogP contribution in [0, 0.1) is 0 Å². The van der Waals surface area contributed by atoms with Gasteiger partial charge in [-0.3, -0.25) is 15.0 Å². The Morgan fingerprint density at radius 1 is 0.958 bits per heavy atom. The van der Waals surface area contributed by atoms with Gasteiger partial charge < -0.3 is 4.57 Å². The van der Waals surface area contributed by atoms with E-state index in [0.717, 1.165) is 40.7 Å². The maximum Gasteiger partial charge on any atom is 0.143 e. The van der Waals surface area contributed by atoms with E-state index < -0.39 is 0 Å². The van der Waals surface area contributed by atoms with Gasteiger partial charge in [0, 0.05) is 61.1 Å². The Labute approximate surface area is 142 Å². The highest BCUT2D eigenvalue weighted by Crippen LogP contribution is 2.22. The van der Waals surface area contributed by atoms with E-state index in [2.05, 4.69) is 34.9 Å². The normalized spacial score (nSPS) is 10.8. The standard InChI is InChI=1S/C17H14N6S/c1-4-18-5-2-13(1)16-21-8-10-23(16)9-3-14-12-24-17(22-14)15-11-19-6-7-20-15/h1-2,4-8,10-12H,3,9H2. The van der Waals surface area contributed by atoms with Crippen molar-refractivity contribution in [3.63, 3.8) is 0 Å². The van der Waals surface area contributed by atoms with Crippen LogP contribution in [0.2, 0.25) is 0 Å². The highest BCUT2D eigenvalue weighted by atomic mass is 32.1. The van der Waals surface area contributed by atoms with E-state index in [1.165, 1.54) is 0 Å². The smallest absolute Gasteiger partial charge is 0.143 e. The molecule has 4 aromatic rings. The molecule has 0 aromatic carbocycles. The van der Waals surface area contributed by atoms with Gasteiger partial charge in [0.15, 0.2) is 0 Å². The maximum absolute atomic E-state index is 4.65. The molecule has 6 nitrogen and oxygen atoms in total. The first-order chi connectivity index (χ1) is 11.9. The number of hydrogen-bond acceptors (Lipinski definition) is 6. The number of aryl methyl sites for hydroxylation is 2. The van der Waals surface area contributed by atoms with E-state index in [9.17, 15) is 0 Å². The molecule has 0 unspecified atom stereocenters. The fourth-order valence-corrected chi connectivity index (χ4v) is 3.25. The Balaban J connectivity index is 1.49. The zero-order valence-corrected chi connectivity index (χ0v) is 13.6. The lowest BCUT2D eigenvalue weighted by molar-refractivity contribution is 0.694. The first-order valence-electron chi connectivity index (χ1n) is 7.52. The summed E-state index contributed by atoms with van der Waals surface area (Å²) in [6.45, 7) is 0.821. The van der Waals surface area contributed by atoms with Gasteiger partial charge in [-0.2, -0.15) is 0 Å². The van der Waals surface area contributed by atoms with Crippen molar-refractivity contribution < 1.29 is 0 Å². The van der Waals surface area contributed by atoms with Gasteiger partial charge in [-0.15, -0.1) is 11.3 Å². The van der Waals surface area contributed by atoms with Crippen molar-refractivity contribution in [1.29, 1.82) is 0 Å². The van der Waals surface area contributed by atoms with E-state index in [0.29, 0.717) is 0 Å². The first-order valence-corrected chi connectivity index (χ1v) is 8.40. The Morgan fingerprint density at radius 3 is 2.71 bits per heavy atom. The van der Waals surface area contributed by atoms with Gasteiger partial charge in [-0.25, -0.2) is 9.97 Å². The van der Waals surface area contributed by atoms with Gasteiger partial charge in [0.05, 0.1) is 11.9 Å². The molecule has 0 N–H and O–H groups in total. The van der Waals surface area contributed by atoms with Crippen LogP contribution < -0.4 is 0 Å². The van der Waals surface area contributed by atoms with Crippen molar-refractivity contribution in [1.82, 2.24) is 29.5 Å². The second-order valence-electron chi connectivity index (χ2n) is 5.16. The molecule has 0 fully saturated rings. The maximum atomic E-state index is 4.65. The molecule has 0 bridgehead atoms. The van der Waals surface area contributed by atoms with Crippen LogP contribution in [0.3, 0.4) is 0 Å². The summed E-state index contributed by atoms with van der Waals surface area (Å²) < 4.78 is 2.14. The van der Waals surface area contributed by atoms with E-state index >= 15 is 0 Å². The molecular formula is C17H14N6S. The van der Waals surface area contributed by atoms with Crippen LogP contribution in [0.1, 0.15) is 5.69 Å². The van der Waals surface area contributed by atoms with Crippen molar-refractivity contribution >= 4 is 11.3 Å². The van der Waals surface area contributed by atoms with Crippen LogP contribution in [-0.2, 0) is 13.0 Å². The molecule has 0 aliphatic carbocycles. The topological polar surface area (TPSA) is 69.4 Å². The lowest BCUT2D eigenvalue weighted by Crippen LogP contribution is -2.03. The fourth-order valence-electron chi connectivity index (χ4n) is 2.43. The molecule has 118 valence electrons. The van der Waals surface area contributed by atoms with Gasteiger partial charge in [0.25, 0.3) is 0 Å². The Morgan fingerprint density at radius 2 is 1.88 bits per heavy atom. The summed E-state index contributed by atoms with van der Waals surface area (Å²) in [6.07, 6.45) is 13.3. The van der Waals surface area contributed by atoms with Crippen molar-refractivity contribution in [2.24, 2.45) is 0 Å². The monoisotopic (exact) mass is 334 g/mol. The van der Waals surface area contributed by atoms with Gasteiger partial charge >= 0.3 is 0 Å². The lowest BCUT2D eigenvalue weighted by atomic mass is 10.2. The second kappa shape index (κ2) is 6.67. The zero-order chi connectivity index (χ0) is 16.2. The van der Waals surface area contributed by atoms with Crippen LogP contribution in [0.5, 0.6) is 0 Å². The molecular weight excluding hydrogens is 320 g/mol. The van der Waals surface area contributed by atoms with E-state index in [4.69, 9.17) is 0 Å². The molecule has 0 amide bonds. The second-order valence-corrected chi connectivity index (χ2v) is 6.02. The summed E-state index contributed by atoms with van der Waals surface area (Å²) >= 11 is 1.59. The predicted octanol–water partition coefficient (Wildman–Crippen LogP) is 3.10. The number of hydrogen-bond donors (Lipinski definition) is 0. The first kappa shape index (κ1) is 14.6.